The number of rotatable bonds is 8. The van der Waals surface area contributed by atoms with E-state index in [1.807, 2.05) is 38.1 Å². The molecular weight excluding hydrogens is 330 g/mol. The van der Waals surface area contributed by atoms with E-state index in [0.717, 1.165) is 17.5 Å². The van der Waals surface area contributed by atoms with Crippen molar-refractivity contribution in [1.29, 1.82) is 0 Å². The summed E-state index contributed by atoms with van der Waals surface area (Å²) in [5.41, 5.74) is 3.57. The van der Waals surface area contributed by atoms with Crippen LogP contribution in [0.4, 0.5) is 0 Å². The van der Waals surface area contributed by atoms with Crippen molar-refractivity contribution in [3.8, 4) is 0 Å². The third-order valence-electron chi connectivity index (χ3n) is 4.06. The number of nitrogens with one attached hydrogen (secondary N) is 1. The van der Waals surface area contributed by atoms with Crippen molar-refractivity contribution in [3.05, 3.63) is 70.8 Å². The number of carbonyl (C=O) groups excluding carboxylic acids is 2. The van der Waals surface area contributed by atoms with Gasteiger partial charge >= 0.3 is 5.97 Å². The van der Waals surface area contributed by atoms with E-state index in [9.17, 15) is 9.59 Å². The maximum absolute atomic E-state index is 12.1. The van der Waals surface area contributed by atoms with Crippen molar-refractivity contribution >= 4 is 11.9 Å². The van der Waals surface area contributed by atoms with Crippen molar-refractivity contribution in [2.24, 2.45) is 0 Å². The zero-order valence-corrected chi connectivity index (χ0v) is 15.5. The molecule has 2 aromatic carbocycles. The van der Waals surface area contributed by atoms with Crippen LogP contribution < -0.4 is 5.32 Å². The second-order valence-corrected chi connectivity index (χ2v) is 6.15. The predicted octanol–water partition coefficient (Wildman–Crippen LogP) is 3.57. The summed E-state index contributed by atoms with van der Waals surface area (Å²) < 4.78 is 10.1. The fourth-order valence-corrected chi connectivity index (χ4v) is 2.57. The maximum Gasteiger partial charge on any atom is 0.338 e. The minimum absolute atomic E-state index is 0.102. The summed E-state index contributed by atoms with van der Waals surface area (Å²) in [5.74, 6) is -0.839. The van der Waals surface area contributed by atoms with E-state index in [0.29, 0.717) is 12.2 Å². The molecule has 1 atom stereocenters. The number of aryl methyl sites for hydroxylation is 1. The van der Waals surface area contributed by atoms with Gasteiger partial charge in [-0.15, -0.1) is 0 Å². The fraction of sp³-hybridized carbons (Fsp3) is 0.333. The zero-order valence-electron chi connectivity index (χ0n) is 15.5. The number of methoxy groups -OCH3 is 1. The second-order valence-electron chi connectivity index (χ2n) is 6.15. The molecule has 0 saturated heterocycles. The quantitative estimate of drug-likeness (QED) is 0.735. The van der Waals surface area contributed by atoms with Crippen molar-refractivity contribution in [2.75, 3.05) is 13.7 Å². The molecule has 5 nitrogen and oxygen atoms in total. The van der Waals surface area contributed by atoms with E-state index < -0.39 is 5.97 Å². The molecule has 0 heterocycles. The van der Waals surface area contributed by atoms with E-state index >= 15 is 0 Å². The Morgan fingerprint density at radius 1 is 1.04 bits per heavy atom. The lowest BCUT2D eigenvalue weighted by atomic mass is 10.0. The van der Waals surface area contributed by atoms with Crippen LogP contribution in [0.5, 0.6) is 0 Å². The first-order valence-electron chi connectivity index (χ1n) is 8.64. The summed E-state index contributed by atoms with van der Waals surface area (Å²) in [7, 11) is 1.61. The lowest BCUT2D eigenvalue weighted by Gasteiger charge is -2.17. The van der Waals surface area contributed by atoms with Gasteiger partial charge in [-0.3, -0.25) is 4.79 Å². The molecule has 0 aliphatic heterocycles. The highest BCUT2D eigenvalue weighted by Crippen LogP contribution is 2.17. The Balaban J connectivity index is 1.86. The van der Waals surface area contributed by atoms with Gasteiger partial charge in [0, 0.05) is 7.11 Å². The van der Waals surface area contributed by atoms with Crippen LogP contribution in [0.1, 0.15) is 46.4 Å². The van der Waals surface area contributed by atoms with Crippen LogP contribution in [0.3, 0.4) is 0 Å². The molecule has 1 N–H and O–H groups in total. The normalized spacial score (nSPS) is 11.7. The number of carbonyl (C=O) groups is 2. The highest BCUT2D eigenvalue weighted by Gasteiger charge is 2.15. The van der Waals surface area contributed by atoms with E-state index in [1.165, 1.54) is 5.56 Å². The molecule has 138 valence electrons. The predicted molar refractivity (Wildman–Crippen MR) is 99.8 cm³/mol. The largest absolute Gasteiger partial charge is 0.452 e. The fourth-order valence-electron chi connectivity index (χ4n) is 2.57. The van der Waals surface area contributed by atoms with Gasteiger partial charge in [0.15, 0.2) is 6.61 Å². The molecule has 0 radical (unpaired) electrons. The monoisotopic (exact) mass is 355 g/mol. The number of esters is 1. The minimum atomic E-state index is -0.521. The number of amides is 1. The third-order valence-corrected chi connectivity index (χ3v) is 4.06. The second kappa shape index (κ2) is 9.73. The summed E-state index contributed by atoms with van der Waals surface area (Å²) in [6.07, 6.45) is 0.754. The molecule has 0 fully saturated rings. The van der Waals surface area contributed by atoms with Crippen LogP contribution in [-0.2, 0) is 20.9 Å². The van der Waals surface area contributed by atoms with Gasteiger partial charge < -0.3 is 14.8 Å². The van der Waals surface area contributed by atoms with Crippen LogP contribution in [-0.4, -0.2) is 25.6 Å². The first-order valence-corrected chi connectivity index (χ1v) is 8.64. The summed E-state index contributed by atoms with van der Waals surface area (Å²) >= 11 is 0. The standard InChI is InChI=1S/C21H25NO4/c1-4-19(17-9-5-15(2)6-10-17)22-20(23)14-26-21(24)18-11-7-16(8-12-18)13-25-3/h5-12,19H,4,13-14H2,1-3H3,(H,22,23)/t19-/m1/s1. The van der Waals surface area contributed by atoms with Gasteiger partial charge in [-0.2, -0.15) is 0 Å². The molecule has 0 aliphatic carbocycles. The molecule has 0 bridgehead atoms. The van der Waals surface area contributed by atoms with E-state index in [4.69, 9.17) is 9.47 Å². The molecule has 0 aromatic heterocycles. The number of hydrogen-bond acceptors (Lipinski definition) is 4. The Morgan fingerprint density at radius 3 is 2.27 bits per heavy atom. The molecule has 2 rings (SSSR count). The maximum atomic E-state index is 12.1. The van der Waals surface area contributed by atoms with Gasteiger partial charge in [0.1, 0.15) is 0 Å². The summed E-state index contributed by atoms with van der Waals surface area (Å²) in [6, 6.07) is 14.8. The Bertz CT molecular complexity index is 723. The third kappa shape index (κ3) is 5.70. The Hall–Kier alpha value is -2.66. The van der Waals surface area contributed by atoms with Crippen molar-refractivity contribution in [2.45, 2.75) is 32.9 Å². The molecule has 0 spiro atoms. The van der Waals surface area contributed by atoms with Crippen LogP contribution in [0.25, 0.3) is 0 Å². The molecule has 0 aliphatic rings. The zero-order chi connectivity index (χ0) is 18.9. The van der Waals surface area contributed by atoms with Gasteiger partial charge in [-0.1, -0.05) is 48.9 Å². The Morgan fingerprint density at radius 2 is 1.69 bits per heavy atom. The van der Waals surface area contributed by atoms with E-state index in [-0.39, 0.29) is 18.6 Å². The van der Waals surface area contributed by atoms with Crippen molar-refractivity contribution in [3.63, 3.8) is 0 Å². The molecule has 2 aromatic rings. The topological polar surface area (TPSA) is 64.6 Å². The number of ether oxygens (including phenoxy) is 2. The molecule has 0 saturated carbocycles. The van der Waals surface area contributed by atoms with Gasteiger partial charge in [-0.05, 0) is 36.6 Å². The van der Waals surface area contributed by atoms with Crippen LogP contribution in [0, 0.1) is 6.92 Å². The first-order chi connectivity index (χ1) is 12.5. The van der Waals surface area contributed by atoms with Crippen molar-refractivity contribution in [1.82, 2.24) is 5.32 Å². The SMILES string of the molecule is CC[C@@H](NC(=O)COC(=O)c1ccc(COC)cc1)c1ccc(C)cc1. The smallest absolute Gasteiger partial charge is 0.338 e. The molecular formula is C21H25NO4. The van der Waals surface area contributed by atoms with Crippen LogP contribution >= 0.6 is 0 Å². The van der Waals surface area contributed by atoms with Gasteiger partial charge in [0.05, 0.1) is 18.2 Å². The Kier molecular flexibility index (Phi) is 7.36. The minimum Gasteiger partial charge on any atom is -0.452 e. The first kappa shape index (κ1) is 19.7. The van der Waals surface area contributed by atoms with E-state index in [1.54, 1.807) is 31.4 Å². The summed E-state index contributed by atoms with van der Waals surface area (Å²) in [4.78, 5) is 24.2. The average molecular weight is 355 g/mol. The molecule has 5 heteroatoms. The van der Waals surface area contributed by atoms with E-state index in [2.05, 4.69) is 5.32 Å². The number of benzene rings is 2. The average Bonchev–Trinajstić information content (AvgIpc) is 2.66. The molecule has 1 amide bonds. The lowest BCUT2D eigenvalue weighted by molar-refractivity contribution is -0.125. The summed E-state index contributed by atoms with van der Waals surface area (Å²) in [5, 5.41) is 2.90. The molecule has 26 heavy (non-hydrogen) atoms. The Labute approximate surface area is 154 Å². The highest BCUT2D eigenvalue weighted by molar-refractivity contribution is 5.91. The van der Waals surface area contributed by atoms with Gasteiger partial charge in [-0.25, -0.2) is 4.79 Å². The number of hydrogen-bond donors (Lipinski definition) is 1. The van der Waals surface area contributed by atoms with Crippen LogP contribution in [0.15, 0.2) is 48.5 Å². The van der Waals surface area contributed by atoms with Gasteiger partial charge in [0.2, 0.25) is 0 Å². The highest BCUT2D eigenvalue weighted by atomic mass is 16.5. The molecule has 0 unspecified atom stereocenters. The van der Waals surface area contributed by atoms with Crippen molar-refractivity contribution < 1.29 is 19.1 Å². The summed E-state index contributed by atoms with van der Waals surface area (Å²) in [6.45, 7) is 4.19. The van der Waals surface area contributed by atoms with Crippen LogP contribution in [0.2, 0.25) is 0 Å². The lowest BCUT2D eigenvalue weighted by Crippen LogP contribution is -2.32. The van der Waals surface area contributed by atoms with Gasteiger partial charge in [0.25, 0.3) is 5.91 Å².